The summed E-state index contributed by atoms with van der Waals surface area (Å²) in [6.45, 7) is 1.49. The van der Waals surface area contributed by atoms with Crippen LogP contribution >= 0.6 is 0 Å². The lowest BCUT2D eigenvalue weighted by Gasteiger charge is -2.07. The van der Waals surface area contributed by atoms with Crippen LogP contribution in [0.1, 0.15) is 11.1 Å². The minimum atomic E-state index is -4.93. The molecule has 0 fully saturated rings. The van der Waals surface area contributed by atoms with Crippen LogP contribution in [0.15, 0.2) is 24.3 Å². The molecule has 0 aliphatic carbocycles. The van der Waals surface area contributed by atoms with Crippen molar-refractivity contribution in [1.29, 1.82) is 0 Å². The highest BCUT2D eigenvalue weighted by Gasteiger charge is 2.40. The van der Waals surface area contributed by atoms with Crippen molar-refractivity contribution in [3.05, 3.63) is 35.4 Å². The maximum Gasteiger partial charge on any atom is 0.490 e. The van der Waals surface area contributed by atoms with Crippen LogP contribution in [-0.2, 0) is 16.1 Å². The van der Waals surface area contributed by atoms with E-state index in [2.05, 4.69) is 4.74 Å². The van der Waals surface area contributed by atoms with Crippen LogP contribution in [-0.4, -0.2) is 12.1 Å². The quantitative estimate of drug-likeness (QED) is 0.713. The Balaban J connectivity index is 2.51. The van der Waals surface area contributed by atoms with Crippen molar-refractivity contribution >= 4 is 5.97 Å². The summed E-state index contributed by atoms with van der Waals surface area (Å²) in [6, 6.07) is 6.69. The average molecular weight is 218 g/mol. The number of hydrogen-bond donors (Lipinski definition) is 0. The highest BCUT2D eigenvalue weighted by Crippen LogP contribution is 2.17. The zero-order valence-corrected chi connectivity index (χ0v) is 7.97. The number of benzene rings is 1. The van der Waals surface area contributed by atoms with E-state index in [0.29, 0.717) is 5.56 Å². The van der Waals surface area contributed by atoms with Crippen molar-refractivity contribution in [2.45, 2.75) is 19.7 Å². The highest BCUT2D eigenvalue weighted by molar-refractivity contribution is 5.75. The van der Waals surface area contributed by atoms with Gasteiger partial charge in [0.2, 0.25) is 0 Å². The van der Waals surface area contributed by atoms with Gasteiger partial charge in [-0.25, -0.2) is 4.79 Å². The molecular weight excluding hydrogens is 209 g/mol. The second-order valence-corrected chi connectivity index (χ2v) is 3.06. The number of aryl methyl sites for hydroxylation is 1. The van der Waals surface area contributed by atoms with Crippen molar-refractivity contribution in [2.24, 2.45) is 0 Å². The van der Waals surface area contributed by atoms with E-state index in [1.807, 2.05) is 6.92 Å². The first-order valence-corrected chi connectivity index (χ1v) is 4.19. The van der Waals surface area contributed by atoms with Crippen molar-refractivity contribution in [3.63, 3.8) is 0 Å². The number of ether oxygens (including phenoxy) is 1. The number of esters is 1. The van der Waals surface area contributed by atoms with Crippen LogP contribution in [0.4, 0.5) is 13.2 Å². The van der Waals surface area contributed by atoms with E-state index >= 15 is 0 Å². The second kappa shape index (κ2) is 4.33. The molecule has 2 nitrogen and oxygen atoms in total. The van der Waals surface area contributed by atoms with E-state index in [1.165, 1.54) is 0 Å². The first-order valence-electron chi connectivity index (χ1n) is 4.19. The van der Waals surface area contributed by atoms with Gasteiger partial charge in [0.25, 0.3) is 0 Å². The fraction of sp³-hybridized carbons (Fsp3) is 0.300. The molecule has 15 heavy (non-hydrogen) atoms. The molecule has 1 aromatic carbocycles. The summed E-state index contributed by atoms with van der Waals surface area (Å²) >= 11 is 0. The van der Waals surface area contributed by atoms with Crippen molar-refractivity contribution in [1.82, 2.24) is 0 Å². The third-order valence-electron chi connectivity index (χ3n) is 1.72. The summed E-state index contributed by atoms with van der Waals surface area (Å²) < 4.78 is 39.3. The van der Waals surface area contributed by atoms with Crippen molar-refractivity contribution < 1.29 is 22.7 Å². The lowest BCUT2D eigenvalue weighted by atomic mass is 10.2. The molecule has 1 rings (SSSR count). The molecule has 0 aliphatic rings. The Bertz CT molecular complexity index is 341. The Hall–Kier alpha value is -1.52. The molecule has 0 saturated heterocycles. The van der Waals surface area contributed by atoms with Crippen LogP contribution in [0.5, 0.6) is 0 Å². The molecule has 0 N–H and O–H groups in total. The maximum absolute atomic E-state index is 11.7. The third kappa shape index (κ3) is 3.61. The second-order valence-electron chi connectivity index (χ2n) is 3.06. The monoisotopic (exact) mass is 218 g/mol. The Labute approximate surface area is 84.7 Å². The van der Waals surface area contributed by atoms with Gasteiger partial charge in [-0.05, 0) is 12.5 Å². The van der Waals surface area contributed by atoms with E-state index in [-0.39, 0.29) is 6.61 Å². The summed E-state index contributed by atoms with van der Waals surface area (Å²) in [5.74, 6) is -2.16. The SMILES string of the molecule is Cc1ccc(COC(=O)C(F)(F)F)cc1. The molecule has 0 amide bonds. The molecule has 0 aromatic heterocycles. The fourth-order valence-electron chi connectivity index (χ4n) is 0.915. The van der Waals surface area contributed by atoms with Crippen LogP contribution in [0.2, 0.25) is 0 Å². The van der Waals surface area contributed by atoms with Crippen molar-refractivity contribution in [3.8, 4) is 0 Å². The van der Waals surface area contributed by atoms with Crippen LogP contribution in [0.25, 0.3) is 0 Å². The van der Waals surface area contributed by atoms with Gasteiger partial charge in [0, 0.05) is 0 Å². The van der Waals surface area contributed by atoms with Crippen LogP contribution in [0, 0.1) is 6.92 Å². The third-order valence-corrected chi connectivity index (χ3v) is 1.72. The molecule has 0 atom stereocenters. The normalized spacial score (nSPS) is 11.2. The average Bonchev–Trinajstić information content (AvgIpc) is 2.15. The summed E-state index contributed by atoms with van der Waals surface area (Å²) in [6.07, 6.45) is -4.93. The summed E-state index contributed by atoms with van der Waals surface area (Å²) in [5, 5.41) is 0. The Kier molecular flexibility index (Phi) is 3.34. The standard InChI is InChI=1S/C10H9F3O2/c1-7-2-4-8(5-3-7)6-15-9(14)10(11,12)13/h2-5H,6H2,1H3. The minimum Gasteiger partial charge on any atom is -0.454 e. The number of carbonyl (C=O) groups excluding carboxylic acids is 1. The van der Waals surface area contributed by atoms with Gasteiger partial charge in [0.1, 0.15) is 6.61 Å². The highest BCUT2D eigenvalue weighted by atomic mass is 19.4. The van der Waals surface area contributed by atoms with Gasteiger partial charge in [-0.2, -0.15) is 13.2 Å². The fourth-order valence-corrected chi connectivity index (χ4v) is 0.915. The largest absolute Gasteiger partial charge is 0.490 e. The van der Waals surface area contributed by atoms with E-state index < -0.39 is 12.1 Å². The number of carbonyl (C=O) groups is 1. The molecule has 0 radical (unpaired) electrons. The zero-order valence-electron chi connectivity index (χ0n) is 7.97. The molecule has 0 spiro atoms. The van der Waals surface area contributed by atoms with Crippen LogP contribution < -0.4 is 0 Å². The smallest absolute Gasteiger partial charge is 0.454 e. The lowest BCUT2D eigenvalue weighted by Crippen LogP contribution is -2.25. The Morgan fingerprint density at radius 3 is 2.27 bits per heavy atom. The number of halogens is 3. The van der Waals surface area contributed by atoms with Crippen LogP contribution in [0.3, 0.4) is 0 Å². The Morgan fingerprint density at radius 2 is 1.80 bits per heavy atom. The first kappa shape index (κ1) is 11.6. The number of hydrogen-bond acceptors (Lipinski definition) is 2. The minimum absolute atomic E-state index is 0.362. The first-order chi connectivity index (χ1) is 6.89. The molecule has 0 aliphatic heterocycles. The molecule has 82 valence electrons. The predicted octanol–water partition coefficient (Wildman–Crippen LogP) is 2.60. The van der Waals surface area contributed by atoms with Gasteiger partial charge in [0.05, 0.1) is 0 Å². The summed E-state index contributed by atoms with van der Waals surface area (Å²) in [5.41, 5.74) is 1.51. The van der Waals surface area contributed by atoms with Gasteiger partial charge in [-0.1, -0.05) is 29.8 Å². The predicted molar refractivity (Wildman–Crippen MR) is 47.0 cm³/mol. The molecule has 0 bridgehead atoms. The van der Waals surface area contributed by atoms with Crippen molar-refractivity contribution in [2.75, 3.05) is 0 Å². The van der Waals surface area contributed by atoms with Gasteiger partial charge in [0.15, 0.2) is 0 Å². The lowest BCUT2D eigenvalue weighted by molar-refractivity contribution is -0.201. The Morgan fingerprint density at radius 1 is 1.27 bits per heavy atom. The van der Waals surface area contributed by atoms with Gasteiger partial charge in [-0.3, -0.25) is 0 Å². The molecule has 0 saturated carbocycles. The molecule has 0 unspecified atom stereocenters. The topological polar surface area (TPSA) is 26.3 Å². The molecule has 1 aromatic rings. The van der Waals surface area contributed by atoms with E-state index in [4.69, 9.17) is 0 Å². The van der Waals surface area contributed by atoms with E-state index in [0.717, 1.165) is 5.56 Å². The molecule has 0 heterocycles. The maximum atomic E-state index is 11.7. The molecule has 5 heteroatoms. The van der Waals surface area contributed by atoms with Gasteiger partial charge >= 0.3 is 12.1 Å². The summed E-state index contributed by atoms with van der Waals surface area (Å²) in [7, 11) is 0. The molecular formula is C10H9F3O2. The van der Waals surface area contributed by atoms with E-state index in [1.54, 1.807) is 24.3 Å². The van der Waals surface area contributed by atoms with E-state index in [9.17, 15) is 18.0 Å². The van der Waals surface area contributed by atoms with Gasteiger partial charge in [-0.15, -0.1) is 0 Å². The van der Waals surface area contributed by atoms with Gasteiger partial charge < -0.3 is 4.74 Å². The summed E-state index contributed by atoms with van der Waals surface area (Å²) in [4.78, 5) is 10.4. The number of rotatable bonds is 2. The zero-order chi connectivity index (χ0) is 11.5. The number of alkyl halides is 3.